The topological polar surface area (TPSA) is 73.8 Å². The van der Waals surface area contributed by atoms with E-state index in [1.54, 1.807) is 11.3 Å². The van der Waals surface area contributed by atoms with Crippen LogP contribution in [0, 0.1) is 6.92 Å². The van der Waals surface area contributed by atoms with Crippen molar-refractivity contribution in [3.05, 3.63) is 52.2 Å². The van der Waals surface area contributed by atoms with Gasteiger partial charge in [0.2, 0.25) is 5.84 Å². The SMILES string of the molecule is Cc1ccc(N2NC(C(=O)NCCc3ccsc3)=NCC2=O)cc1. The molecule has 1 aromatic heterocycles. The molecule has 2 amide bonds. The first-order valence-electron chi connectivity index (χ1n) is 7.63. The quantitative estimate of drug-likeness (QED) is 0.868. The van der Waals surface area contributed by atoms with Gasteiger partial charge in [-0.25, -0.2) is 5.01 Å². The maximum atomic E-state index is 12.2. The Balaban J connectivity index is 1.60. The number of hydrazine groups is 1. The third-order valence-electron chi connectivity index (χ3n) is 3.63. The van der Waals surface area contributed by atoms with Crippen molar-refractivity contribution in [3.8, 4) is 0 Å². The van der Waals surface area contributed by atoms with Crippen molar-refractivity contribution in [2.24, 2.45) is 4.99 Å². The van der Waals surface area contributed by atoms with E-state index >= 15 is 0 Å². The van der Waals surface area contributed by atoms with Crippen molar-refractivity contribution in [1.29, 1.82) is 0 Å². The van der Waals surface area contributed by atoms with Crippen LogP contribution in [0.3, 0.4) is 0 Å². The van der Waals surface area contributed by atoms with Gasteiger partial charge in [0.1, 0.15) is 6.54 Å². The smallest absolute Gasteiger partial charge is 0.288 e. The first-order valence-corrected chi connectivity index (χ1v) is 8.58. The molecule has 3 rings (SSSR count). The largest absolute Gasteiger partial charge is 0.349 e. The Kier molecular flexibility index (Phi) is 4.90. The second-order valence-corrected chi connectivity index (χ2v) is 6.26. The molecule has 1 aliphatic rings. The van der Waals surface area contributed by atoms with Crippen LogP contribution in [0.1, 0.15) is 11.1 Å². The third kappa shape index (κ3) is 3.80. The van der Waals surface area contributed by atoms with Gasteiger partial charge < -0.3 is 5.32 Å². The summed E-state index contributed by atoms with van der Waals surface area (Å²) in [7, 11) is 0. The first kappa shape index (κ1) is 16.2. The number of nitrogens with zero attached hydrogens (tertiary/aromatic N) is 2. The molecule has 124 valence electrons. The molecule has 0 radical (unpaired) electrons. The molecule has 1 aliphatic heterocycles. The molecule has 6 nitrogen and oxygen atoms in total. The Bertz CT molecular complexity index is 753. The van der Waals surface area contributed by atoms with Gasteiger partial charge in [0.15, 0.2) is 0 Å². The summed E-state index contributed by atoms with van der Waals surface area (Å²) in [6, 6.07) is 9.52. The van der Waals surface area contributed by atoms with Gasteiger partial charge in [-0.05, 0) is 47.9 Å². The number of rotatable bonds is 5. The van der Waals surface area contributed by atoms with Crippen LogP contribution in [0.15, 0.2) is 46.1 Å². The summed E-state index contributed by atoms with van der Waals surface area (Å²) in [4.78, 5) is 28.3. The molecule has 0 spiro atoms. The van der Waals surface area contributed by atoms with E-state index in [1.807, 2.05) is 42.6 Å². The van der Waals surface area contributed by atoms with Gasteiger partial charge in [-0.2, -0.15) is 11.3 Å². The van der Waals surface area contributed by atoms with E-state index < -0.39 is 0 Å². The van der Waals surface area contributed by atoms with Crippen LogP contribution in [0.25, 0.3) is 0 Å². The third-order valence-corrected chi connectivity index (χ3v) is 4.36. The number of aliphatic imine (C=N–C) groups is 1. The zero-order valence-corrected chi connectivity index (χ0v) is 14.1. The van der Waals surface area contributed by atoms with Gasteiger partial charge in [0.25, 0.3) is 11.8 Å². The summed E-state index contributed by atoms with van der Waals surface area (Å²) in [6.07, 6.45) is 0.767. The summed E-state index contributed by atoms with van der Waals surface area (Å²) in [5, 5.41) is 8.25. The van der Waals surface area contributed by atoms with Gasteiger partial charge >= 0.3 is 0 Å². The average molecular weight is 342 g/mol. The van der Waals surface area contributed by atoms with Crippen molar-refractivity contribution in [2.75, 3.05) is 18.1 Å². The van der Waals surface area contributed by atoms with Crippen LogP contribution in [0.4, 0.5) is 5.69 Å². The van der Waals surface area contributed by atoms with Crippen LogP contribution in [0.2, 0.25) is 0 Å². The Hall–Kier alpha value is -2.67. The number of amides is 2. The Morgan fingerprint density at radius 2 is 2.12 bits per heavy atom. The molecule has 0 atom stereocenters. The number of nitrogens with one attached hydrogen (secondary N) is 2. The highest BCUT2D eigenvalue weighted by molar-refractivity contribution is 7.07. The molecular formula is C17H18N4O2S. The molecular weight excluding hydrogens is 324 g/mol. The molecule has 2 heterocycles. The average Bonchev–Trinajstić information content (AvgIpc) is 3.09. The number of thiophene rings is 1. The highest BCUT2D eigenvalue weighted by atomic mass is 32.1. The van der Waals surface area contributed by atoms with E-state index in [0.29, 0.717) is 12.2 Å². The lowest BCUT2D eigenvalue weighted by Gasteiger charge is -2.27. The fourth-order valence-corrected chi connectivity index (χ4v) is 2.99. The fourth-order valence-electron chi connectivity index (χ4n) is 2.28. The van der Waals surface area contributed by atoms with Crippen LogP contribution in [0.5, 0.6) is 0 Å². The molecule has 0 fully saturated rings. The lowest BCUT2D eigenvalue weighted by Crippen LogP contribution is -2.55. The number of amidine groups is 1. The second-order valence-electron chi connectivity index (χ2n) is 5.48. The minimum absolute atomic E-state index is 0.0475. The number of benzene rings is 1. The standard InChI is InChI=1S/C17H18N4O2S/c1-12-2-4-14(5-3-12)21-15(22)10-19-16(20-21)17(23)18-8-6-13-7-9-24-11-13/h2-5,7,9,11H,6,8,10H2,1H3,(H,18,23)(H,19,20). The molecule has 0 unspecified atom stereocenters. The highest BCUT2D eigenvalue weighted by Gasteiger charge is 2.25. The summed E-state index contributed by atoms with van der Waals surface area (Å²) in [5.41, 5.74) is 5.78. The fraction of sp³-hybridized carbons (Fsp3) is 0.235. The molecule has 7 heteroatoms. The van der Waals surface area contributed by atoms with E-state index in [0.717, 1.165) is 12.0 Å². The number of carbonyl (C=O) groups excluding carboxylic acids is 2. The predicted octanol–water partition coefficient (Wildman–Crippen LogP) is 1.67. The molecule has 0 saturated carbocycles. The lowest BCUT2D eigenvalue weighted by atomic mass is 10.2. The number of hydrogen-bond acceptors (Lipinski definition) is 5. The van der Waals surface area contributed by atoms with Crippen LogP contribution < -0.4 is 15.8 Å². The maximum Gasteiger partial charge on any atom is 0.288 e. The van der Waals surface area contributed by atoms with Gasteiger partial charge in [0.05, 0.1) is 5.69 Å². The molecule has 0 saturated heterocycles. The summed E-state index contributed by atoms with van der Waals surface area (Å²) < 4.78 is 0. The normalized spacial score (nSPS) is 14.1. The molecule has 24 heavy (non-hydrogen) atoms. The first-order chi connectivity index (χ1) is 11.6. The summed E-state index contributed by atoms with van der Waals surface area (Å²) >= 11 is 1.63. The Labute approximate surface area is 144 Å². The lowest BCUT2D eigenvalue weighted by molar-refractivity contribution is -0.118. The van der Waals surface area contributed by atoms with Crippen molar-refractivity contribution in [3.63, 3.8) is 0 Å². The molecule has 0 aliphatic carbocycles. The number of anilines is 1. The van der Waals surface area contributed by atoms with E-state index in [9.17, 15) is 9.59 Å². The van der Waals surface area contributed by atoms with Gasteiger partial charge in [-0.15, -0.1) is 0 Å². The van der Waals surface area contributed by atoms with E-state index in [1.165, 1.54) is 10.6 Å². The van der Waals surface area contributed by atoms with Gasteiger partial charge in [-0.3, -0.25) is 20.0 Å². The van der Waals surface area contributed by atoms with E-state index in [-0.39, 0.29) is 24.2 Å². The monoisotopic (exact) mass is 342 g/mol. The maximum absolute atomic E-state index is 12.2. The number of carbonyl (C=O) groups is 2. The molecule has 2 N–H and O–H groups in total. The van der Waals surface area contributed by atoms with Gasteiger partial charge in [-0.1, -0.05) is 17.7 Å². The van der Waals surface area contributed by atoms with Gasteiger partial charge in [0, 0.05) is 6.54 Å². The van der Waals surface area contributed by atoms with Crippen LogP contribution in [-0.2, 0) is 16.0 Å². The zero-order valence-electron chi connectivity index (χ0n) is 13.3. The number of hydrogen-bond donors (Lipinski definition) is 2. The van der Waals surface area contributed by atoms with Crippen LogP contribution in [-0.4, -0.2) is 30.7 Å². The Morgan fingerprint density at radius 1 is 1.33 bits per heavy atom. The minimum atomic E-state index is -0.310. The summed E-state index contributed by atoms with van der Waals surface area (Å²) in [6.45, 7) is 2.45. The number of aryl methyl sites for hydroxylation is 1. The summed E-state index contributed by atoms with van der Waals surface area (Å²) in [5.74, 6) is -0.357. The predicted molar refractivity (Wildman–Crippen MR) is 95.1 cm³/mol. The van der Waals surface area contributed by atoms with Crippen molar-refractivity contribution < 1.29 is 9.59 Å². The van der Waals surface area contributed by atoms with Crippen molar-refractivity contribution >= 4 is 34.7 Å². The van der Waals surface area contributed by atoms with E-state index in [2.05, 4.69) is 21.1 Å². The van der Waals surface area contributed by atoms with Crippen LogP contribution >= 0.6 is 11.3 Å². The second kappa shape index (κ2) is 7.27. The minimum Gasteiger partial charge on any atom is -0.349 e. The molecule has 0 bridgehead atoms. The molecule has 2 aromatic rings. The van der Waals surface area contributed by atoms with Crippen molar-refractivity contribution in [2.45, 2.75) is 13.3 Å². The zero-order chi connectivity index (χ0) is 16.9. The highest BCUT2D eigenvalue weighted by Crippen LogP contribution is 2.15. The van der Waals surface area contributed by atoms with E-state index in [4.69, 9.17) is 0 Å². The Morgan fingerprint density at radius 3 is 2.83 bits per heavy atom. The molecule has 1 aromatic carbocycles. The van der Waals surface area contributed by atoms with Crippen molar-refractivity contribution in [1.82, 2.24) is 10.7 Å².